The number of alkyl halides is 2. The number of nitrogens with one attached hydrogen (secondary N) is 1. The van der Waals surface area contributed by atoms with Crippen LogP contribution in [0.4, 0.5) is 13.6 Å². The number of alkyl carbamates (subject to hydrolysis) is 1. The van der Waals surface area contributed by atoms with E-state index in [1.807, 2.05) is 64.1 Å². The highest BCUT2D eigenvalue weighted by Gasteiger charge is 2.43. The molecule has 1 saturated carbocycles. The van der Waals surface area contributed by atoms with E-state index in [4.69, 9.17) is 14.3 Å². The highest BCUT2D eigenvalue weighted by molar-refractivity contribution is 7.91. The Bertz CT molecular complexity index is 2350. The molecular weight excluding hydrogens is 970 g/mol. The number of benzene rings is 3. The number of hydrogen-bond donors (Lipinski definition) is 1. The van der Waals surface area contributed by atoms with E-state index in [9.17, 15) is 39.8 Å². The summed E-state index contributed by atoms with van der Waals surface area (Å²) in [5.74, 6) is -2.40. The minimum atomic E-state index is -4.47. The van der Waals surface area contributed by atoms with Gasteiger partial charge in [0.05, 0.1) is 46.9 Å². The number of sulfone groups is 2. The zero-order chi connectivity index (χ0) is 55.2. The van der Waals surface area contributed by atoms with E-state index in [1.54, 1.807) is 31.2 Å². The van der Waals surface area contributed by atoms with Crippen LogP contribution in [0.3, 0.4) is 0 Å². The topological polar surface area (TPSA) is 183 Å². The first kappa shape index (κ1) is 67.0. The molecule has 0 aliphatic heterocycles. The fraction of sp³-hybridized carbons (Fsp3) is 0.611. The molecule has 0 saturated heterocycles. The normalized spacial score (nSPS) is 14.8. The second-order valence-electron chi connectivity index (χ2n) is 21.7. The molecule has 0 spiro atoms. The lowest BCUT2D eigenvalue weighted by atomic mass is 9.88. The van der Waals surface area contributed by atoms with Crippen molar-refractivity contribution in [3.8, 4) is 6.07 Å². The molecule has 71 heavy (non-hydrogen) atoms. The molecule has 4 rings (SSSR count). The molecule has 12 nitrogen and oxygen atoms in total. The van der Waals surface area contributed by atoms with Crippen LogP contribution in [0.1, 0.15) is 140 Å². The van der Waals surface area contributed by atoms with Crippen molar-refractivity contribution < 1.29 is 53.6 Å². The molecule has 2 unspecified atom stereocenters. The molecule has 0 radical (unpaired) electrons. The van der Waals surface area contributed by atoms with Gasteiger partial charge in [-0.1, -0.05) is 113 Å². The maximum Gasteiger partial charge on any atom is 0.407 e. The summed E-state index contributed by atoms with van der Waals surface area (Å²) in [6.45, 7) is 33.6. The minimum absolute atomic E-state index is 0.0276. The van der Waals surface area contributed by atoms with E-state index in [-0.39, 0.29) is 50.9 Å². The summed E-state index contributed by atoms with van der Waals surface area (Å²) in [4.78, 5) is 22.0. The Balaban J connectivity index is 0.000000881. The van der Waals surface area contributed by atoms with Crippen LogP contribution in [0.5, 0.6) is 0 Å². The summed E-state index contributed by atoms with van der Waals surface area (Å²) in [5.41, 5.74) is 3.74. The lowest BCUT2D eigenvalue weighted by Gasteiger charge is -2.20. The van der Waals surface area contributed by atoms with Crippen LogP contribution in [-0.4, -0.2) is 66.6 Å². The molecule has 17 heteroatoms. The number of Topliss-reactive ketones (excluding diaryl/α,β-unsaturated/α-hetero) is 1. The average molecular weight is 1060 g/mol. The Hall–Kier alpha value is -4.00. The third-order valence-corrected chi connectivity index (χ3v) is 14.2. The van der Waals surface area contributed by atoms with Crippen molar-refractivity contribution in [2.24, 2.45) is 34.0 Å². The molecule has 1 aliphatic rings. The molecule has 1 N–H and O–H groups in total. The van der Waals surface area contributed by atoms with Gasteiger partial charge in [-0.25, -0.2) is 21.6 Å². The van der Waals surface area contributed by atoms with E-state index in [0.29, 0.717) is 42.4 Å². The van der Waals surface area contributed by atoms with Crippen molar-refractivity contribution in [1.29, 1.82) is 5.26 Å². The number of ketones is 1. The van der Waals surface area contributed by atoms with Gasteiger partial charge in [-0.3, -0.25) is 9.36 Å². The zero-order valence-corrected chi connectivity index (χ0v) is 48.0. The van der Waals surface area contributed by atoms with Crippen LogP contribution in [0, 0.1) is 45.3 Å². The van der Waals surface area contributed by atoms with Crippen molar-refractivity contribution in [2.45, 2.75) is 164 Å². The minimum Gasteiger partial charge on any atom is -0.450 e. The van der Waals surface area contributed by atoms with Crippen LogP contribution in [0.25, 0.3) is 0 Å². The van der Waals surface area contributed by atoms with E-state index < -0.39 is 33.0 Å². The number of nitriles is 1. The number of rotatable bonds is 16. The van der Waals surface area contributed by atoms with Crippen molar-refractivity contribution >= 4 is 44.5 Å². The summed E-state index contributed by atoms with van der Waals surface area (Å²) in [7, 11) is -10.7. The lowest BCUT2D eigenvalue weighted by Crippen LogP contribution is -2.30. The molecule has 1 fully saturated rings. The van der Waals surface area contributed by atoms with E-state index in [0.717, 1.165) is 31.2 Å². The van der Waals surface area contributed by atoms with Crippen LogP contribution in [0.15, 0.2) is 82.6 Å². The SMILES string of the molecule is CC(C)(C)CC(=O)C1CC1C#N.CC(C)(C)Cc1ccc(S(=O)(=O)C(F)F)cc1.CC(C)Cc1ccc(S(C)(=O)=O)cc1.CCOC(=O)NC(C)C.CCOP(=O)(OCC)c1ccc(CC(C)(C)C)cc1. The van der Waals surface area contributed by atoms with Gasteiger partial charge in [-0.2, -0.15) is 14.0 Å². The van der Waals surface area contributed by atoms with Gasteiger partial charge in [-0.05, 0) is 136 Å². The Labute approximate surface area is 426 Å². The fourth-order valence-corrected chi connectivity index (χ4v) is 9.47. The first-order valence-corrected chi connectivity index (χ1v) is 29.2. The van der Waals surface area contributed by atoms with Crippen LogP contribution in [0.2, 0.25) is 0 Å². The fourth-order valence-electron chi connectivity index (χ4n) is 6.55. The first-order valence-electron chi connectivity index (χ1n) is 24.2. The molecule has 0 heterocycles. The third kappa shape index (κ3) is 29.3. The van der Waals surface area contributed by atoms with Crippen molar-refractivity contribution in [3.05, 3.63) is 89.5 Å². The lowest BCUT2D eigenvalue weighted by molar-refractivity contribution is -0.122. The number of carbonyl (C=O) groups is 2. The standard InChI is InChI=1S/C15H25O3P.C12H16F2O2S.C11H16O2S.C10H15NO.C6H13NO2/c1-6-17-19(16,18-7-2)14-10-8-13(9-11-14)12-15(3,4)5;1-12(2,3)8-9-4-6-10(7-5-9)17(15,16)11(13)14;1-9(2)8-10-4-6-11(7-5-10)14(3,12)13;1-10(2,3)5-9(12)8-4-7(8)6-11;1-4-9-6(8)7-5(2)3/h8-11H,6-7,12H2,1-5H3;4-7,11H,8H2,1-3H3;4-7,9H,8H2,1-3H3;7-8H,4-5H2,1-3H3;5H,4H2,1-3H3,(H,7,8). The van der Waals surface area contributed by atoms with Gasteiger partial charge in [0.15, 0.2) is 9.84 Å². The maximum atomic E-state index is 12.6. The summed E-state index contributed by atoms with van der Waals surface area (Å²) in [6, 6.07) is 22.8. The third-order valence-electron chi connectivity index (χ3n) is 9.56. The number of ether oxygens (including phenoxy) is 1. The number of nitrogens with zero attached hydrogens (tertiary/aromatic N) is 1. The molecular formula is C54H85F2N2O10PS2. The summed E-state index contributed by atoms with van der Waals surface area (Å²) in [5, 5.41) is 11.7. The molecule has 1 aliphatic carbocycles. The second kappa shape index (κ2) is 30.3. The number of amides is 1. The van der Waals surface area contributed by atoms with Gasteiger partial charge >= 0.3 is 19.4 Å². The van der Waals surface area contributed by atoms with Crippen molar-refractivity contribution in [3.63, 3.8) is 0 Å². The average Bonchev–Trinajstić information content (AvgIpc) is 4.01. The van der Waals surface area contributed by atoms with E-state index in [1.165, 1.54) is 29.5 Å². The summed E-state index contributed by atoms with van der Waals surface area (Å²) < 4.78 is 97.1. The Kier molecular flexibility index (Phi) is 28.6. The molecule has 3 aromatic carbocycles. The van der Waals surface area contributed by atoms with E-state index >= 15 is 0 Å². The molecule has 0 aromatic heterocycles. The predicted octanol–water partition coefficient (Wildman–Crippen LogP) is 13.0. The van der Waals surface area contributed by atoms with Gasteiger partial charge < -0.3 is 19.1 Å². The molecule has 0 bridgehead atoms. The van der Waals surface area contributed by atoms with Gasteiger partial charge in [0.25, 0.3) is 0 Å². The highest BCUT2D eigenvalue weighted by Crippen LogP contribution is 2.47. The Morgan fingerprint density at radius 3 is 1.45 bits per heavy atom. The van der Waals surface area contributed by atoms with Crippen LogP contribution < -0.4 is 10.6 Å². The molecule has 402 valence electrons. The second-order valence-corrected chi connectivity index (χ2v) is 27.7. The Morgan fingerprint density at radius 2 is 1.13 bits per heavy atom. The Morgan fingerprint density at radius 1 is 0.704 bits per heavy atom. The van der Waals surface area contributed by atoms with Crippen LogP contribution in [-0.2, 0) is 62.1 Å². The van der Waals surface area contributed by atoms with E-state index in [2.05, 4.69) is 92.3 Å². The molecule has 1 amide bonds. The number of carbonyl (C=O) groups excluding carboxylic acids is 2. The van der Waals surface area contributed by atoms with Gasteiger partial charge in [0.1, 0.15) is 5.78 Å². The molecule has 2 atom stereocenters. The highest BCUT2D eigenvalue weighted by atomic mass is 32.2. The zero-order valence-electron chi connectivity index (χ0n) is 45.5. The monoisotopic (exact) mass is 1050 g/mol. The number of hydrogen-bond acceptors (Lipinski definition) is 11. The quantitative estimate of drug-likeness (QED) is 0.135. The van der Waals surface area contributed by atoms with Crippen molar-refractivity contribution in [1.82, 2.24) is 5.32 Å². The number of halogens is 2. The summed E-state index contributed by atoms with van der Waals surface area (Å²) >= 11 is 0. The summed E-state index contributed by atoms with van der Waals surface area (Å²) in [6.07, 6.45) is 5.03. The smallest absolute Gasteiger partial charge is 0.407 e. The van der Waals surface area contributed by atoms with Gasteiger partial charge in [0, 0.05) is 24.6 Å². The predicted molar refractivity (Wildman–Crippen MR) is 283 cm³/mol. The largest absolute Gasteiger partial charge is 0.450 e. The first-order chi connectivity index (χ1) is 32.4. The maximum absolute atomic E-state index is 12.6. The molecule has 3 aromatic rings. The van der Waals surface area contributed by atoms with Gasteiger partial charge in [0.2, 0.25) is 9.84 Å². The van der Waals surface area contributed by atoms with Crippen molar-refractivity contribution in [2.75, 3.05) is 26.1 Å². The van der Waals surface area contributed by atoms with Crippen LogP contribution >= 0.6 is 7.60 Å². The van der Waals surface area contributed by atoms with Gasteiger partial charge in [-0.15, -0.1) is 0 Å².